The average molecular weight is 85.1 g/mol. The van der Waals surface area contributed by atoms with Crippen molar-refractivity contribution < 1.29 is 9.84 Å². The summed E-state index contributed by atoms with van der Waals surface area (Å²) in [6, 6.07) is 0. The minimum Gasteiger partial charge on any atom is -0.371 e. The Morgan fingerprint density at radius 1 is 1.80 bits per heavy atom. The summed E-state index contributed by atoms with van der Waals surface area (Å²) < 4.78 is 4.10. The summed E-state index contributed by atoms with van der Waals surface area (Å²) in [6.45, 7) is -0.181. The van der Waals surface area contributed by atoms with Crippen LogP contribution in [0.4, 0.5) is 0 Å². The summed E-state index contributed by atoms with van der Waals surface area (Å²) in [6.07, 6.45) is 0. The molecule has 0 aliphatic carbocycles. The van der Waals surface area contributed by atoms with Crippen molar-refractivity contribution in [2.45, 2.75) is 0 Å². The Hall–Kier alpha value is 0.920. The summed E-state index contributed by atoms with van der Waals surface area (Å²) in [5, 5.41) is 7.65. The van der Waals surface area contributed by atoms with E-state index in [4.69, 9.17) is 5.11 Å². The van der Waals surface area contributed by atoms with Gasteiger partial charge in [-0.25, -0.2) is 0 Å². The number of methoxy groups -OCH3 is 1. The first-order chi connectivity index (χ1) is 1.91. The first-order valence-electron chi connectivity index (χ1n) is 1.01. The Kier molecular flexibility index (Phi) is 16.5. The maximum Gasteiger partial charge on any atom is 0.143 e. The van der Waals surface area contributed by atoms with Gasteiger partial charge in [-0.05, 0) is 0 Å². The molecule has 2 nitrogen and oxygen atoms in total. The Labute approximate surface area is 53.4 Å². The van der Waals surface area contributed by atoms with E-state index in [0.29, 0.717) is 0 Å². The van der Waals surface area contributed by atoms with E-state index in [9.17, 15) is 0 Å². The van der Waals surface area contributed by atoms with Crippen LogP contribution in [0.25, 0.3) is 0 Å². The summed E-state index contributed by atoms with van der Waals surface area (Å²) >= 11 is 0. The fourth-order valence-corrected chi connectivity index (χ4v) is 0. The molecule has 0 rings (SSSR count). The molecule has 3 heteroatoms. The molecule has 0 unspecified atom stereocenters. The molecule has 5 heavy (non-hydrogen) atoms. The van der Waals surface area contributed by atoms with Gasteiger partial charge in [-0.3, -0.25) is 0 Å². The van der Waals surface area contributed by atoms with E-state index in [0.717, 1.165) is 0 Å². The molecule has 0 aliphatic heterocycles. The SMILES string of the molecule is COCO.[Na]. The number of aliphatic hydroxyl groups is 1. The van der Waals surface area contributed by atoms with Gasteiger partial charge in [0.05, 0.1) is 0 Å². The van der Waals surface area contributed by atoms with Crippen molar-refractivity contribution in [1.29, 1.82) is 0 Å². The molecule has 0 heterocycles. The van der Waals surface area contributed by atoms with E-state index in [1.807, 2.05) is 0 Å². The average Bonchev–Trinajstić information content (AvgIpc) is 1.37. The largest absolute Gasteiger partial charge is 0.371 e. The van der Waals surface area contributed by atoms with Gasteiger partial charge in [0, 0.05) is 36.7 Å². The zero-order valence-corrected chi connectivity index (χ0v) is 5.56. The standard InChI is InChI=1S/C2H6O2.Na/c1-4-2-3;/h3H,2H2,1H3;. The third-order valence-electron chi connectivity index (χ3n) is 0.129. The van der Waals surface area contributed by atoms with Crippen LogP contribution in [-0.2, 0) is 4.74 Å². The minimum absolute atomic E-state index is 0. The molecule has 0 amide bonds. The number of aliphatic hydroxyl groups excluding tert-OH is 1. The molecule has 0 aromatic rings. The number of hydrogen-bond donors (Lipinski definition) is 1. The molecule has 0 fully saturated rings. The second-order valence-corrected chi connectivity index (χ2v) is 0.418. The van der Waals surface area contributed by atoms with Gasteiger partial charge < -0.3 is 9.84 Å². The predicted octanol–water partition coefficient (Wildman–Crippen LogP) is -0.798. The van der Waals surface area contributed by atoms with E-state index in [2.05, 4.69) is 4.74 Å². The molecule has 0 spiro atoms. The van der Waals surface area contributed by atoms with Crippen LogP contribution in [0.2, 0.25) is 0 Å². The number of rotatable bonds is 1. The van der Waals surface area contributed by atoms with Crippen molar-refractivity contribution in [3.8, 4) is 0 Å². The van der Waals surface area contributed by atoms with Crippen molar-refractivity contribution in [3.63, 3.8) is 0 Å². The smallest absolute Gasteiger partial charge is 0.143 e. The van der Waals surface area contributed by atoms with E-state index in [1.165, 1.54) is 7.11 Å². The van der Waals surface area contributed by atoms with E-state index in [-0.39, 0.29) is 36.4 Å². The first-order valence-corrected chi connectivity index (χ1v) is 1.01. The van der Waals surface area contributed by atoms with Crippen molar-refractivity contribution in [2.24, 2.45) is 0 Å². The molecular weight excluding hydrogens is 79.0 g/mol. The van der Waals surface area contributed by atoms with Crippen LogP contribution >= 0.6 is 0 Å². The van der Waals surface area contributed by atoms with Gasteiger partial charge >= 0.3 is 0 Å². The molecule has 0 bridgehead atoms. The van der Waals surface area contributed by atoms with Crippen LogP contribution < -0.4 is 0 Å². The fraction of sp³-hybridized carbons (Fsp3) is 1.00. The van der Waals surface area contributed by atoms with Gasteiger partial charge in [0.1, 0.15) is 6.79 Å². The number of hydrogen-bond acceptors (Lipinski definition) is 2. The van der Waals surface area contributed by atoms with Gasteiger partial charge in [0.25, 0.3) is 0 Å². The molecule has 0 saturated heterocycles. The minimum atomic E-state index is -0.181. The third-order valence-corrected chi connectivity index (χ3v) is 0.129. The van der Waals surface area contributed by atoms with E-state index >= 15 is 0 Å². The van der Waals surface area contributed by atoms with Crippen LogP contribution in [0.5, 0.6) is 0 Å². The molecular formula is C2H6NaO2. The zero-order valence-electron chi connectivity index (χ0n) is 3.56. The van der Waals surface area contributed by atoms with Gasteiger partial charge in [-0.1, -0.05) is 0 Å². The second kappa shape index (κ2) is 8.87. The van der Waals surface area contributed by atoms with Gasteiger partial charge in [-0.2, -0.15) is 0 Å². The van der Waals surface area contributed by atoms with Crippen LogP contribution in [0.1, 0.15) is 0 Å². The topological polar surface area (TPSA) is 29.5 Å². The van der Waals surface area contributed by atoms with Crippen LogP contribution in [0.15, 0.2) is 0 Å². The Balaban J connectivity index is 0. The summed E-state index contributed by atoms with van der Waals surface area (Å²) in [5.74, 6) is 0. The normalized spacial score (nSPS) is 6.00. The molecule has 0 aromatic heterocycles. The molecule has 27 valence electrons. The summed E-state index contributed by atoms with van der Waals surface area (Å²) in [7, 11) is 1.43. The molecule has 0 aromatic carbocycles. The quantitative estimate of drug-likeness (QED) is 0.333. The Morgan fingerprint density at radius 2 is 2.00 bits per heavy atom. The zero-order chi connectivity index (χ0) is 3.41. The van der Waals surface area contributed by atoms with Crippen molar-refractivity contribution in [3.05, 3.63) is 0 Å². The van der Waals surface area contributed by atoms with Crippen LogP contribution in [-0.4, -0.2) is 48.6 Å². The first kappa shape index (κ1) is 9.33. The molecule has 0 aliphatic rings. The maximum atomic E-state index is 7.65. The molecule has 0 atom stereocenters. The molecule has 1 radical (unpaired) electrons. The van der Waals surface area contributed by atoms with Crippen LogP contribution in [0.3, 0.4) is 0 Å². The number of ether oxygens (including phenoxy) is 1. The Morgan fingerprint density at radius 3 is 2.00 bits per heavy atom. The maximum absolute atomic E-state index is 7.65. The van der Waals surface area contributed by atoms with Gasteiger partial charge in [-0.15, -0.1) is 0 Å². The predicted molar refractivity (Wildman–Crippen MR) is 19.8 cm³/mol. The monoisotopic (exact) mass is 85.0 g/mol. The molecule has 0 saturated carbocycles. The van der Waals surface area contributed by atoms with Crippen LogP contribution in [0, 0.1) is 0 Å². The Bertz CT molecular complexity index is 9.61. The third kappa shape index (κ3) is 11.4. The van der Waals surface area contributed by atoms with Crippen molar-refractivity contribution >= 4 is 29.6 Å². The summed E-state index contributed by atoms with van der Waals surface area (Å²) in [4.78, 5) is 0. The van der Waals surface area contributed by atoms with E-state index < -0.39 is 0 Å². The van der Waals surface area contributed by atoms with Gasteiger partial charge in [0.2, 0.25) is 0 Å². The molecule has 1 N–H and O–H groups in total. The second-order valence-electron chi connectivity index (χ2n) is 0.418. The van der Waals surface area contributed by atoms with Gasteiger partial charge in [0.15, 0.2) is 0 Å². The fourth-order valence-electron chi connectivity index (χ4n) is 0. The van der Waals surface area contributed by atoms with E-state index in [1.54, 1.807) is 0 Å². The van der Waals surface area contributed by atoms with Crippen molar-refractivity contribution in [1.82, 2.24) is 0 Å². The van der Waals surface area contributed by atoms with Crippen molar-refractivity contribution in [2.75, 3.05) is 13.9 Å². The summed E-state index contributed by atoms with van der Waals surface area (Å²) in [5.41, 5.74) is 0.